The predicted molar refractivity (Wildman–Crippen MR) is 256 cm³/mol. The molecule has 0 bridgehead atoms. The first-order chi connectivity index (χ1) is 31.3. The fourth-order valence-corrected chi connectivity index (χ4v) is 11.1. The van der Waals surface area contributed by atoms with Crippen LogP contribution < -0.4 is 0 Å². The van der Waals surface area contributed by atoms with Crippen LogP contribution in [0.25, 0.3) is 106 Å². The summed E-state index contributed by atoms with van der Waals surface area (Å²) in [5.74, 6) is 0.696. The van der Waals surface area contributed by atoms with E-state index in [-0.39, 0.29) is 0 Å². The summed E-state index contributed by atoms with van der Waals surface area (Å²) in [7, 11) is 0. The molecule has 292 valence electrons. The number of nitrogens with zero attached hydrogens (tertiary/aromatic N) is 3. The molecule has 0 saturated heterocycles. The minimum absolute atomic E-state index is 0.633. The van der Waals surface area contributed by atoms with Crippen molar-refractivity contribution >= 4 is 43.7 Å². The van der Waals surface area contributed by atoms with Crippen LogP contribution in [0.3, 0.4) is 0 Å². The zero-order valence-electron chi connectivity index (χ0n) is 34.0. The van der Waals surface area contributed by atoms with Crippen LogP contribution in [0, 0.1) is 0 Å². The molecule has 1 unspecified atom stereocenters. The molecule has 0 radical (unpaired) electrons. The summed E-state index contributed by atoms with van der Waals surface area (Å²) in [4.78, 5) is 10.7. The predicted octanol–water partition coefficient (Wildman–Crippen LogP) is 14.8. The smallest absolute Gasteiger partial charge is 0.160 e. The summed E-state index contributed by atoms with van der Waals surface area (Å²) < 4.78 is 8.94. The molecule has 0 amide bonds. The molecule has 1 aliphatic carbocycles. The number of benzene rings is 9. The summed E-state index contributed by atoms with van der Waals surface area (Å²) in [5, 5.41) is 4.76. The maximum Gasteiger partial charge on any atom is 0.160 e. The number of hydrogen-bond donors (Lipinski definition) is 0. The monoisotopic (exact) mass is 801 g/mol. The van der Waals surface area contributed by atoms with E-state index in [1.165, 1.54) is 60.9 Å². The first-order valence-corrected chi connectivity index (χ1v) is 21.6. The highest BCUT2D eigenvalue weighted by Crippen LogP contribution is 2.63. The molecule has 1 spiro atoms. The number of fused-ring (bicyclic) bond motifs is 15. The van der Waals surface area contributed by atoms with E-state index < -0.39 is 5.41 Å². The van der Waals surface area contributed by atoms with Crippen LogP contribution in [0.2, 0.25) is 0 Å². The molecule has 1 atom stereocenters. The van der Waals surface area contributed by atoms with Gasteiger partial charge in [0, 0.05) is 38.2 Å². The molecule has 3 aromatic heterocycles. The van der Waals surface area contributed by atoms with E-state index in [1.807, 2.05) is 12.1 Å². The molecule has 14 rings (SSSR count). The normalized spacial score (nSPS) is 14.7. The lowest BCUT2D eigenvalue weighted by Gasteiger charge is -2.39. The molecular weight excluding hydrogens is 767 g/mol. The Labute approximate surface area is 363 Å². The van der Waals surface area contributed by atoms with Crippen molar-refractivity contribution in [1.82, 2.24) is 14.5 Å². The van der Waals surface area contributed by atoms with Crippen LogP contribution in [0.1, 0.15) is 22.3 Å². The Morgan fingerprint density at radius 2 is 1.05 bits per heavy atom. The van der Waals surface area contributed by atoms with Crippen molar-refractivity contribution in [3.05, 3.63) is 235 Å². The van der Waals surface area contributed by atoms with Crippen molar-refractivity contribution in [3.8, 4) is 61.8 Å². The summed E-state index contributed by atoms with van der Waals surface area (Å²) >= 11 is 0. The third-order valence-corrected chi connectivity index (χ3v) is 13.6. The first-order valence-electron chi connectivity index (χ1n) is 21.6. The van der Waals surface area contributed by atoms with E-state index in [0.717, 1.165) is 61.1 Å². The van der Waals surface area contributed by atoms with Gasteiger partial charge in [-0.2, -0.15) is 0 Å². The van der Waals surface area contributed by atoms with Crippen LogP contribution in [-0.2, 0) is 5.41 Å². The summed E-state index contributed by atoms with van der Waals surface area (Å²) in [6.45, 7) is 0. The van der Waals surface area contributed by atoms with Gasteiger partial charge in [-0.1, -0.05) is 176 Å². The van der Waals surface area contributed by atoms with Gasteiger partial charge in [-0.15, -0.1) is 0 Å². The van der Waals surface area contributed by atoms with Crippen molar-refractivity contribution in [2.75, 3.05) is 0 Å². The molecule has 4 nitrogen and oxygen atoms in total. The van der Waals surface area contributed by atoms with Gasteiger partial charge in [0.15, 0.2) is 5.82 Å². The number of furan rings is 1. The van der Waals surface area contributed by atoms with E-state index in [0.29, 0.717) is 5.82 Å². The maximum atomic E-state index is 6.44. The van der Waals surface area contributed by atoms with Crippen molar-refractivity contribution < 1.29 is 4.42 Å². The molecule has 2 aliphatic rings. The van der Waals surface area contributed by atoms with Gasteiger partial charge in [-0.25, -0.2) is 9.97 Å². The third kappa shape index (κ3) is 4.64. The Hall–Kier alpha value is -8.34. The highest BCUT2D eigenvalue weighted by molar-refractivity contribution is 6.15. The van der Waals surface area contributed by atoms with Gasteiger partial charge < -0.3 is 8.98 Å². The van der Waals surface area contributed by atoms with Crippen molar-refractivity contribution in [2.24, 2.45) is 0 Å². The van der Waals surface area contributed by atoms with Crippen LogP contribution >= 0.6 is 0 Å². The molecular formula is C59H35N3O. The molecule has 4 heterocycles. The minimum Gasteiger partial charge on any atom is -0.456 e. The van der Waals surface area contributed by atoms with Crippen molar-refractivity contribution in [2.45, 2.75) is 5.41 Å². The zero-order chi connectivity index (χ0) is 41.2. The molecule has 0 N–H and O–H groups in total. The topological polar surface area (TPSA) is 43.9 Å². The molecule has 0 saturated carbocycles. The Bertz CT molecular complexity index is 3800. The average molecular weight is 802 g/mol. The van der Waals surface area contributed by atoms with Gasteiger partial charge in [0.25, 0.3) is 0 Å². The van der Waals surface area contributed by atoms with Crippen LogP contribution in [-0.4, -0.2) is 14.5 Å². The highest BCUT2D eigenvalue weighted by atomic mass is 16.3. The van der Waals surface area contributed by atoms with Gasteiger partial charge in [0.05, 0.1) is 33.5 Å². The van der Waals surface area contributed by atoms with Gasteiger partial charge >= 0.3 is 0 Å². The largest absolute Gasteiger partial charge is 0.456 e. The van der Waals surface area contributed by atoms with Gasteiger partial charge in [0.1, 0.15) is 11.2 Å². The van der Waals surface area contributed by atoms with Gasteiger partial charge in [0.2, 0.25) is 0 Å². The van der Waals surface area contributed by atoms with Gasteiger partial charge in [-0.05, 0) is 80.9 Å². The van der Waals surface area contributed by atoms with Crippen molar-refractivity contribution in [3.63, 3.8) is 0 Å². The Morgan fingerprint density at radius 1 is 0.397 bits per heavy atom. The summed E-state index contributed by atoms with van der Waals surface area (Å²) in [5.41, 5.74) is 19.4. The quantitative estimate of drug-likeness (QED) is 0.178. The lowest BCUT2D eigenvalue weighted by atomic mass is 9.65. The lowest BCUT2D eigenvalue weighted by molar-refractivity contribution is 0.669. The molecule has 4 heteroatoms. The fraction of sp³-hybridized carbons (Fsp3) is 0.0169. The average Bonchev–Trinajstić information content (AvgIpc) is 4.01. The maximum absolute atomic E-state index is 6.44. The van der Waals surface area contributed by atoms with Gasteiger partial charge in [-0.3, -0.25) is 0 Å². The first kappa shape index (κ1) is 34.4. The second-order valence-corrected chi connectivity index (χ2v) is 16.8. The minimum atomic E-state index is -0.633. The Morgan fingerprint density at radius 3 is 1.94 bits per heavy atom. The molecule has 12 aromatic rings. The number of aromatic nitrogens is 3. The van der Waals surface area contributed by atoms with Crippen LogP contribution in [0.15, 0.2) is 217 Å². The zero-order valence-corrected chi connectivity index (χ0v) is 34.0. The highest BCUT2D eigenvalue weighted by Gasteiger charge is 2.51. The van der Waals surface area contributed by atoms with Crippen molar-refractivity contribution in [1.29, 1.82) is 0 Å². The van der Waals surface area contributed by atoms with E-state index in [1.54, 1.807) is 0 Å². The van der Waals surface area contributed by atoms with E-state index >= 15 is 0 Å². The fourth-order valence-electron chi connectivity index (χ4n) is 11.1. The summed E-state index contributed by atoms with van der Waals surface area (Å²) in [6, 6.07) is 76.7. The standard InChI is InChI=1S/C59H35N3O/c1-3-16-36(17-4-1)49-35-50(61-58(60-49)37-18-5-2-6-19-37)42-24-14-26-47-55(42)44-34-38(39-22-15-31-54-56(39)43-21-8-12-30-53(43)63-54)32-33-45(44)59(47)46-25-9-11-29-52(46)62-51-28-10-7-20-40(51)41-23-13-27-48(59)57(41)62/h1-35H. The second-order valence-electron chi connectivity index (χ2n) is 16.8. The van der Waals surface area contributed by atoms with E-state index in [4.69, 9.17) is 14.4 Å². The molecule has 9 aromatic carbocycles. The van der Waals surface area contributed by atoms with E-state index in [9.17, 15) is 0 Å². The summed E-state index contributed by atoms with van der Waals surface area (Å²) in [6.07, 6.45) is 0. The number of rotatable bonds is 4. The van der Waals surface area contributed by atoms with Crippen LogP contribution in [0.4, 0.5) is 0 Å². The Kier molecular flexibility index (Phi) is 7.01. The van der Waals surface area contributed by atoms with E-state index in [2.05, 4.69) is 205 Å². The molecule has 0 fully saturated rings. The van der Waals surface area contributed by atoms with Crippen LogP contribution in [0.5, 0.6) is 0 Å². The second kappa shape index (κ2) is 12.8. The lowest BCUT2D eigenvalue weighted by Crippen LogP contribution is -2.33. The number of para-hydroxylation sites is 4. The molecule has 63 heavy (non-hydrogen) atoms. The SMILES string of the molecule is c1ccc(-c2cc(-c3cccc4c3-c3cc(-c5cccc6oc7ccccc7c56)ccc3C43c4ccccc4-n4c5ccccc5c5cccc3c54)nc(-c3ccccc3)n2)cc1. The molecule has 1 aliphatic heterocycles. The Balaban J connectivity index is 1.12. The number of hydrogen-bond acceptors (Lipinski definition) is 3. The third-order valence-electron chi connectivity index (χ3n) is 13.6.